The second-order valence-corrected chi connectivity index (χ2v) is 9.04. The van der Waals surface area contributed by atoms with Gasteiger partial charge in [0, 0.05) is 24.6 Å². The molecule has 1 saturated heterocycles. The van der Waals surface area contributed by atoms with E-state index < -0.39 is 10.0 Å². The molecule has 0 saturated carbocycles. The Balaban J connectivity index is 1.79. The summed E-state index contributed by atoms with van der Waals surface area (Å²) >= 11 is 1.35. The van der Waals surface area contributed by atoms with Crippen molar-refractivity contribution < 1.29 is 12.8 Å². The largest absolute Gasteiger partial charge is 0.214 e. The molecule has 130 valence electrons. The molecule has 0 amide bonds. The normalized spacial score (nSPS) is 19.5. The Morgan fingerprint density at radius 2 is 2.12 bits per heavy atom. The standard InChI is InChI=1S/C16H20FN3O2S2/c1-2-10-24(21,22)20-9-5-6-12(11-20)15-18-19-16(23-15)13-7-3-4-8-14(13)17/h3-4,7-8,12H,2,5-6,9-11H2,1H3. The van der Waals surface area contributed by atoms with Gasteiger partial charge in [-0.2, -0.15) is 0 Å². The van der Waals surface area contributed by atoms with Crippen LogP contribution in [0.5, 0.6) is 0 Å². The third kappa shape index (κ3) is 3.65. The Morgan fingerprint density at radius 3 is 2.88 bits per heavy atom. The zero-order valence-electron chi connectivity index (χ0n) is 13.5. The first kappa shape index (κ1) is 17.4. The number of aromatic nitrogens is 2. The minimum Gasteiger partial charge on any atom is -0.212 e. The molecule has 1 aliphatic rings. The number of sulfonamides is 1. The van der Waals surface area contributed by atoms with Gasteiger partial charge in [0.05, 0.1) is 5.75 Å². The van der Waals surface area contributed by atoms with Gasteiger partial charge in [-0.15, -0.1) is 10.2 Å². The molecule has 0 spiro atoms. The highest BCUT2D eigenvalue weighted by Gasteiger charge is 2.31. The lowest BCUT2D eigenvalue weighted by atomic mass is 10.0. The Kier molecular flexibility index (Phi) is 5.27. The Bertz CT molecular complexity index is 807. The summed E-state index contributed by atoms with van der Waals surface area (Å²) in [7, 11) is -3.20. The van der Waals surface area contributed by atoms with Gasteiger partial charge in [-0.3, -0.25) is 0 Å². The maximum absolute atomic E-state index is 13.9. The summed E-state index contributed by atoms with van der Waals surface area (Å²) < 4.78 is 40.0. The average Bonchev–Trinajstić information content (AvgIpc) is 3.05. The van der Waals surface area contributed by atoms with E-state index in [1.165, 1.54) is 17.4 Å². The molecule has 1 aliphatic heterocycles. The van der Waals surface area contributed by atoms with Crippen molar-refractivity contribution in [1.29, 1.82) is 0 Å². The van der Waals surface area contributed by atoms with Crippen LogP contribution in [0.2, 0.25) is 0 Å². The molecule has 1 fully saturated rings. The van der Waals surface area contributed by atoms with E-state index in [9.17, 15) is 12.8 Å². The van der Waals surface area contributed by atoms with Crippen molar-refractivity contribution in [3.63, 3.8) is 0 Å². The van der Waals surface area contributed by atoms with Crippen LogP contribution >= 0.6 is 11.3 Å². The van der Waals surface area contributed by atoms with Gasteiger partial charge in [0.15, 0.2) is 5.01 Å². The lowest BCUT2D eigenvalue weighted by molar-refractivity contribution is 0.314. The molecule has 1 atom stereocenters. The van der Waals surface area contributed by atoms with Crippen molar-refractivity contribution in [3.8, 4) is 10.6 Å². The fraction of sp³-hybridized carbons (Fsp3) is 0.500. The molecule has 2 heterocycles. The molecule has 3 rings (SSSR count). The summed E-state index contributed by atoms with van der Waals surface area (Å²) in [5.41, 5.74) is 0.438. The van der Waals surface area contributed by atoms with Crippen molar-refractivity contribution in [2.75, 3.05) is 18.8 Å². The van der Waals surface area contributed by atoms with Crippen molar-refractivity contribution >= 4 is 21.4 Å². The van der Waals surface area contributed by atoms with Crippen LogP contribution in [0, 0.1) is 5.82 Å². The maximum atomic E-state index is 13.9. The van der Waals surface area contributed by atoms with Crippen molar-refractivity contribution in [2.24, 2.45) is 0 Å². The lowest BCUT2D eigenvalue weighted by Gasteiger charge is -2.30. The molecular weight excluding hydrogens is 349 g/mol. The molecule has 5 nitrogen and oxygen atoms in total. The zero-order valence-corrected chi connectivity index (χ0v) is 15.1. The molecule has 1 unspecified atom stereocenters. The van der Waals surface area contributed by atoms with Gasteiger partial charge in [0.25, 0.3) is 0 Å². The number of rotatable bonds is 5. The van der Waals surface area contributed by atoms with Crippen molar-refractivity contribution in [1.82, 2.24) is 14.5 Å². The van der Waals surface area contributed by atoms with Gasteiger partial charge in [-0.25, -0.2) is 17.1 Å². The van der Waals surface area contributed by atoms with Gasteiger partial charge in [-0.05, 0) is 31.4 Å². The minimum absolute atomic E-state index is 0.0309. The van der Waals surface area contributed by atoms with E-state index in [0.717, 1.165) is 17.8 Å². The van der Waals surface area contributed by atoms with E-state index in [2.05, 4.69) is 10.2 Å². The quantitative estimate of drug-likeness (QED) is 0.811. The molecule has 2 aromatic rings. The number of hydrogen-bond acceptors (Lipinski definition) is 5. The predicted octanol–water partition coefficient (Wildman–Crippen LogP) is 3.26. The molecule has 1 aromatic carbocycles. The summed E-state index contributed by atoms with van der Waals surface area (Å²) in [6.07, 6.45) is 2.30. The highest BCUT2D eigenvalue weighted by Crippen LogP contribution is 2.34. The lowest BCUT2D eigenvalue weighted by Crippen LogP contribution is -2.40. The predicted molar refractivity (Wildman–Crippen MR) is 92.9 cm³/mol. The molecule has 0 bridgehead atoms. The third-order valence-electron chi connectivity index (χ3n) is 4.13. The van der Waals surface area contributed by atoms with Crippen LogP contribution < -0.4 is 0 Å². The van der Waals surface area contributed by atoms with Gasteiger partial charge in [-0.1, -0.05) is 30.4 Å². The summed E-state index contributed by atoms with van der Waals surface area (Å²) in [5.74, 6) is -0.115. The van der Waals surface area contributed by atoms with Crippen molar-refractivity contribution in [2.45, 2.75) is 32.1 Å². The van der Waals surface area contributed by atoms with E-state index in [4.69, 9.17) is 0 Å². The molecule has 0 aliphatic carbocycles. The maximum Gasteiger partial charge on any atom is 0.214 e. The molecule has 0 radical (unpaired) electrons. The highest BCUT2D eigenvalue weighted by molar-refractivity contribution is 7.89. The molecule has 1 aromatic heterocycles. The average molecular weight is 369 g/mol. The van der Waals surface area contributed by atoms with Gasteiger partial charge in [0.2, 0.25) is 10.0 Å². The Morgan fingerprint density at radius 1 is 1.33 bits per heavy atom. The SMILES string of the molecule is CCCS(=O)(=O)N1CCCC(c2nnc(-c3ccccc3F)s2)C1. The van der Waals surface area contributed by atoms with Crippen LogP contribution in [0.25, 0.3) is 10.6 Å². The number of nitrogens with zero attached hydrogens (tertiary/aromatic N) is 3. The van der Waals surface area contributed by atoms with Gasteiger partial charge >= 0.3 is 0 Å². The van der Waals surface area contributed by atoms with E-state index in [0.29, 0.717) is 30.1 Å². The topological polar surface area (TPSA) is 63.2 Å². The van der Waals surface area contributed by atoms with Crippen molar-refractivity contribution in [3.05, 3.63) is 35.1 Å². The summed E-state index contributed by atoms with van der Waals surface area (Å²) in [5, 5.41) is 9.63. The third-order valence-corrected chi connectivity index (χ3v) is 7.30. The second kappa shape index (κ2) is 7.25. The first-order chi connectivity index (χ1) is 11.5. The van der Waals surface area contributed by atoms with E-state index in [1.54, 1.807) is 22.5 Å². The number of benzene rings is 1. The Labute approximate surface area is 145 Å². The number of halogens is 1. The summed E-state index contributed by atoms with van der Waals surface area (Å²) in [4.78, 5) is 0. The monoisotopic (exact) mass is 369 g/mol. The van der Waals surface area contributed by atoms with E-state index >= 15 is 0 Å². The zero-order chi connectivity index (χ0) is 17.2. The molecule has 8 heteroatoms. The fourth-order valence-corrected chi connectivity index (χ4v) is 5.51. The van der Waals surface area contributed by atoms with E-state index in [-0.39, 0.29) is 17.5 Å². The highest BCUT2D eigenvalue weighted by atomic mass is 32.2. The van der Waals surface area contributed by atoms with Gasteiger partial charge in [0.1, 0.15) is 10.8 Å². The molecule has 24 heavy (non-hydrogen) atoms. The minimum atomic E-state index is -3.20. The van der Waals surface area contributed by atoms with Crippen LogP contribution in [-0.2, 0) is 10.0 Å². The van der Waals surface area contributed by atoms with E-state index in [1.807, 2.05) is 6.92 Å². The van der Waals surface area contributed by atoms with Gasteiger partial charge < -0.3 is 0 Å². The summed E-state index contributed by atoms with van der Waals surface area (Å²) in [6, 6.07) is 6.48. The van der Waals surface area contributed by atoms with Crippen LogP contribution in [0.1, 0.15) is 37.1 Å². The molecular formula is C16H20FN3O2S2. The fourth-order valence-electron chi connectivity index (χ4n) is 2.93. The first-order valence-corrected chi connectivity index (χ1v) is 10.5. The van der Waals surface area contributed by atoms with Crippen LogP contribution in [0.3, 0.4) is 0 Å². The van der Waals surface area contributed by atoms with Crippen LogP contribution in [0.15, 0.2) is 24.3 Å². The second-order valence-electron chi connectivity index (χ2n) is 5.94. The first-order valence-electron chi connectivity index (χ1n) is 8.07. The summed E-state index contributed by atoms with van der Waals surface area (Å²) in [6.45, 7) is 2.87. The van der Waals surface area contributed by atoms with Crippen LogP contribution in [0.4, 0.5) is 4.39 Å². The molecule has 0 N–H and O–H groups in total. The number of hydrogen-bond donors (Lipinski definition) is 0. The number of piperidine rings is 1. The Hall–Kier alpha value is -1.38. The smallest absolute Gasteiger partial charge is 0.212 e. The van der Waals surface area contributed by atoms with Crippen LogP contribution in [-0.4, -0.2) is 41.8 Å².